The van der Waals surface area contributed by atoms with Crippen LogP contribution in [-0.4, -0.2) is 28.2 Å². The van der Waals surface area contributed by atoms with Crippen molar-refractivity contribution in [3.63, 3.8) is 0 Å². The van der Waals surface area contributed by atoms with Crippen molar-refractivity contribution >= 4 is 5.91 Å². The van der Waals surface area contributed by atoms with E-state index in [1.807, 2.05) is 30.7 Å². The van der Waals surface area contributed by atoms with Gasteiger partial charge in [-0.2, -0.15) is 0 Å². The Hall–Kier alpha value is -1.29. The van der Waals surface area contributed by atoms with Gasteiger partial charge in [-0.1, -0.05) is 0 Å². The predicted molar refractivity (Wildman–Crippen MR) is 58.8 cm³/mol. The van der Waals surface area contributed by atoms with Crippen LogP contribution in [0.2, 0.25) is 0 Å². The van der Waals surface area contributed by atoms with Gasteiger partial charge in [-0.15, -0.1) is 0 Å². The third-order valence-corrected chi connectivity index (χ3v) is 2.13. The topological polar surface area (TPSA) is 54.3 Å². The van der Waals surface area contributed by atoms with Crippen LogP contribution in [0.3, 0.4) is 0 Å². The zero-order valence-corrected chi connectivity index (χ0v) is 9.40. The molecule has 1 heterocycles. The minimum atomic E-state index is -0.517. The average Bonchev–Trinajstić information content (AvgIpc) is 2.62. The molecule has 2 N–H and O–H groups in total. The normalized spacial score (nSPS) is 12.9. The molecule has 0 unspecified atom stereocenters. The van der Waals surface area contributed by atoms with Crippen molar-refractivity contribution in [3.05, 3.63) is 24.0 Å². The van der Waals surface area contributed by atoms with Crippen LogP contribution in [0, 0.1) is 0 Å². The minimum absolute atomic E-state index is 0.144. The van der Waals surface area contributed by atoms with Crippen LogP contribution >= 0.6 is 0 Å². The van der Waals surface area contributed by atoms with E-state index in [0.717, 1.165) is 0 Å². The first kappa shape index (κ1) is 11.8. The first-order chi connectivity index (χ1) is 7.02. The smallest absolute Gasteiger partial charge is 0.268 e. The van der Waals surface area contributed by atoms with Gasteiger partial charge in [-0.05, 0) is 32.9 Å². The molecule has 1 atom stereocenters. The highest BCUT2D eigenvalue weighted by atomic mass is 16.3. The average molecular weight is 210 g/mol. The molecule has 4 heteroatoms. The van der Waals surface area contributed by atoms with E-state index in [-0.39, 0.29) is 18.5 Å². The van der Waals surface area contributed by atoms with E-state index in [4.69, 9.17) is 5.11 Å². The molecule has 1 amide bonds. The van der Waals surface area contributed by atoms with Gasteiger partial charge < -0.3 is 15.0 Å². The summed E-state index contributed by atoms with van der Waals surface area (Å²) in [6.07, 6.45) is 1.36. The maximum absolute atomic E-state index is 11.7. The molecule has 0 saturated carbocycles. The van der Waals surface area contributed by atoms with E-state index in [1.165, 1.54) is 0 Å². The molecular formula is C11H18N2O2. The standard InChI is InChI=1S/C11H18N2O2/c1-8(2)13-6-4-5-10(13)11(15)12-7-9(3)14/h4-6,8-9,14H,7H2,1-3H3,(H,12,15)/t9-/m1/s1. The summed E-state index contributed by atoms with van der Waals surface area (Å²) >= 11 is 0. The van der Waals surface area contributed by atoms with Crippen LogP contribution < -0.4 is 5.32 Å². The summed E-state index contributed by atoms with van der Waals surface area (Å²) in [6.45, 7) is 5.96. The van der Waals surface area contributed by atoms with Gasteiger partial charge in [0.1, 0.15) is 5.69 Å². The molecule has 0 radical (unpaired) electrons. The number of carbonyl (C=O) groups is 1. The lowest BCUT2D eigenvalue weighted by Crippen LogP contribution is -2.32. The Bertz CT molecular complexity index is 329. The van der Waals surface area contributed by atoms with Gasteiger partial charge >= 0.3 is 0 Å². The number of hydrogen-bond acceptors (Lipinski definition) is 2. The summed E-state index contributed by atoms with van der Waals surface area (Å²) in [5, 5.41) is 11.7. The second kappa shape index (κ2) is 4.98. The Labute approximate surface area is 89.9 Å². The van der Waals surface area contributed by atoms with E-state index in [1.54, 1.807) is 13.0 Å². The molecular weight excluding hydrogens is 192 g/mol. The second-order valence-corrected chi connectivity index (χ2v) is 3.95. The Kier molecular flexibility index (Phi) is 3.91. The fourth-order valence-corrected chi connectivity index (χ4v) is 1.37. The van der Waals surface area contributed by atoms with Gasteiger partial charge in [0, 0.05) is 18.8 Å². The first-order valence-corrected chi connectivity index (χ1v) is 5.15. The van der Waals surface area contributed by atoms with E-state index >= 15 is 0 Å². The number of amides is 1. The van der Waals surface area contributed by atoms with Gasteiger partial charge in [-0.3, -0.25) is 4.79 Å². The summed E-state index contributed by atoms with van der Waals surface area (Å²) in [5.41, 5.74) is 0.630. The summed E-state index contributed by atoms with van der Waals surface area (Å²) in [5.74, 6) is -0.144. The lowest BCUT2D eigenvalue weighted by atomic mass is 10.3. The van der Waals surface area contributed by atoms with Crippen molar-refractivity contribution in [1.82, 2.24) is 9.88 Å². The number of aliphatic hydroxyl groups is 1. The van der Waals surface area contributed by atoms with Crippen molar-refractivity contribution in [1.29, 1.82) is 0 Å². The molecule has 1 aromatic rings. The quantitative estimate of drug-likeness (QED) is 0.784. The number of nitrogens with zero attached hydrogens (tertiary/aromatic N) is 1. The minimum Gasteiger partial charge on any atom is -0.392 e. The lowest BCUT2D eigenvalue weighted by molar-refractivity contribution is 0.0913. The van der Waals surface area contributed by atoms with Crippen LogP contribution in [0.1, 0.15) is 37.3 Å². The molecule has 84 valence electrons. The molecule has 0 aliphatic rings. The van der Waals surface area contributed by atoms with Gasteiger partial charge in [0.15, 0.2) is 0 Å². The zero-order valence-electron chi connectivity index (χ0n) is 9.40. The first-order valence-electron chi connectivity index (χ1n) is 5.15. The van der Waals surface area contributed by atoms with Gasteiger partial charge in [0.25, 0.3) is 5.91 Å². The van der Waals surface area contributed by atoms with E-state index in [0.29, 0.717) is 5.69 Å². The number of hydrogen-bond donors (Lipinski definition) is 2. The molecule has 0 aliphatic heterocycles. The van der Waals surface area contributed by atoms with E-state index < -0.39 is 6.10 Å². The van der Waals surface area contributed by atoms with Crippen LogP contribution in [-0.2, 0) is 0 Å². The third-order valence-electron chi connectivity index (χ3n) is 2.13. The highest BCUT2D eigenvalue weighted by Gasteiger charge is 2.12. The summed E-state index contributed by atoms with van der Waals surface area (Å²) in [4.78, 5) is 11.7. The summed E-state index contributed by atoms with van der Waals surface area (Å²) in [7, 11) is 0. The van der Waals surface area contributed by atoms with Crippen molar-refractivity contribution < 1.29 is 9.90 Å². The molecule has 0 aliphatic carbocycles. The summed E-state index contributed by atoms with van der Waals surface area (Å²) in [6, 6.07) is 3.88. The highest BCUT2D eigenvalue weighted by molar-refractivity contribution is 5.92. The SMILES string of the molecule is CC(C)n1cccc1C(=O)NC[C@@H](C)O. The molecule has 15 heavy (non-hydrogen) atoms. The van der Waals surface area contributed by atoms with Crippen molar-refractivity contribution in [2.45, 2.75) is 32.9 Å². The maximum Gasteiger partial charge on any atom is 0.268 e. The van der Waals surface area contributed by atoms with Gasteiger partial charge in [0.2, 0.25) is 0 Å². The fourth-order valence-electron chi connectivity index (χ4n) is 1.37. The van der Waals surface area contributed by atoms with Crippen LogP contribution in [0.5, 0.6) is 0 Å². The Morgan fingerprint density at radius 2 is 2.20 bits per heavy atom. The van der Waals surface area contributed by atoms with Crippen LogP contribution in [0.25, 0.3) is 0 Å². The van der Waals surface area contributed by atoms with Crippen molar-refractivity contribution in [3.8, 4) is 0 Å². The Morgan fingerprint density at radius 3 is 2.73 bits per heavy atom. The van der Waals surface area contributed by atoms with Crippen LogP contribution in [0.4, 0.5) is 0 Å². The fraction of sp³-hybridized carbons (Fsp3) is 0.545. The molecule has 1 aromatic heterocycles. The number of carbonyl (C=O) groups excluding carboxylic acids is 1. The van der Waals surface area contributed by atoms with Crippen molar-refractivity contribution in [2.75, 3.05) is 6.54 Å². The summed E-state index contributed by atoms with van der Waals surface area (Å²) < 4.78 is 1.90. The van der Waals surface area contributed by atoms with Crippen molar-refractivity contribution in [2.24, 2.45) is 0 Å². The number of aliphatic hydroxyl groups excluding tert-OH is 1. The molecule has 0 fully saturated rings. The monoisotopic (exact) mass is 210 g/mol. The predicted octanol–water partition coefficient (Wildman–Crippen LogP) is 1.18. The highest BCUT2D eigenvalue weighted by Crippen LogP contribution is 2.10. The Morgan fingerprint density at radius 1 is 1.53 bits per heavy atom. The van der Waals surface area contributed by atoms with E-state index in [2.05, 4.69) is 5.32 Å². The molecule has 0 spiro atoms. The largest absolute Gasteiger partial charge is 0.392 e. The lowest BCUT2D eigenvalue weighted by Gasteiger charge is -2.13. The van der Waals surface area contributed by atoms with Gasteiger partial charge in [-0.25, -0.2) is 0 Å². The molecule has 4 nitrogen and oxygen atoms in total. The zero-order chi connectivity index (χ0) is 11.4. The number of nitrogens with one attached hydrogen (secondary N) is 1. The number of aromatic nitrogens is 1. The molecule has 0 aromatic carbocycles. The molecule has 0 bridgehead atoms. The second-order valence-electron chi connectivity index (χ2n) is 3.95. The van der Waals surface area contributed by atoms with E-state index in [9.17, 15) is 4.79 Å². The third kappa shape index (κ3) is 3.09. The Balaban J connectivity index is 2.69. The molecule has 0 saturated heterocycles. The van der Waals surface area contributed by atoms with Crippen LogP contribution in [0.15, 0.2) is 18.3 Å². The number of rotatable bonds is 4. The van der Waals surface area contributed by atoms with Gasteiger partial charge in [0.05, 0.1) is 6.10 Å². The molecule has 1 rings (SSSR count). The maximum atomic E-state index is 11.7.